The van der Waals surface area contributed by atoms with Gasteiger partial charge in [0, 0.05) is 28.7 Å². The topological polar surface area (TPSA) is 72.7 Å². The minimum Gasteiger partial charge on any atom is -0.326 e. The first-order chi connectivity index (χ1) is 14.5. The summed E-state index contributed by atoms with van der Waals surface area (Å²) in [5, 5.41) is 13.7. The Hall–Kier alpha value is -3.32. The number of benzene rings is 2. The molecule has 0 fully saturated rings. The largest absolute Gasteiger partial charge is 0.326 e. The van der Waals surface area contributed by atoms with E-state index in [1.807, 2.05) is 72.4 Å². The summed E-state index contributed by atoms with van der Waals surface area (Å²) < 4.78 is 5.85. The third-order valence-corrected chi connectivity index (χ3v) is 5.72. The Kier molecular flexibility index (Phi) is 5.72. The van der Waals surface area contributed by atoms with Crippen molar-refractivity contribution in [2.75, 3.05) is 5.32 Å². The lowest BCUT2D eigenvalue weighted by Gasteiger charge is -2.10. The van der Waals surface area contributed by atoms with Gasteiger partial charge in [-0.15, -0.1) is 5.10 Å². The van der Waals surface area contributed by atoms with Gasteiger partial charge in [0.2, 0.25) is 5.91 Å². The first-order valence-electron chi connectivity index (χ1n) is 9.81. The maximum absolute atomic E-state index is 12.7. The molecule has 1 amide bonds. The fourth-order valence-corrected chi connectivity index (χ4v) is 3.98. The Bertz CT molecular complexity index is 1170. The predicted molar refractivity (Wildman–Crippen MR) is 120 cm³/mol. The molecule has 2 heterocycles. The van der Waals surface area contributed by atoms with Crippen LogP contribution in [0.15, 0.2) is 53.9 Å². The van der Waals surface area contributed by atoms with E-state index in [0.717, 1.165) is 45.1 Å². The summed E-state index contributed by atoms with van der Waals surface area (Å²) in [5.74, 6) is -0.0158. The number of aromatic nitrogens is 4. The average Bonchev–Trinajstić information content (AvgIpc) is 3.38. The van der Waals surface area contributed by atoms with E-state index in [4.69, 9.17) is 0 Å². The smallest absolute Gasteiger partial charge is 0.224 e. The normalized spacial score (nSPS) is 10.9. The van der Waals surface area contributed by atoms with Gasteiger partial charge in [0.25, 0.3) is 0 Å². The third-order valence-electron chi connectivity index (χ3n) is 5.21. The summed E-state index contributed by atoms with van der Waals surface area (Å²) in [6, 6.07) is 16.0. The Balaban J connectivity index is 1.46. The molecule has 2 aromatic carbocycles. The molecule has 152 valence electrons. The number of rotatable bonds is 6. The minimum atomic E-state index is -0.0158. The zero-order valence-corrected chi connectivity index (χ0v) is 18.0. The monoisotopic (exact) mass is 417 g/mol. The van der Waals surface area contributed by atoms with Crippen molar-refractivity contribution >= 4 is 23.1 Å². The molecule has 6 nitrogen and oxygen atoms in total. The lowest BCUT2D eigenvalue weighted by molar-refractivity contribution is -0.116. The van der Waals surface area contributed by atoms with Crippen LogP contribution in [0.1, 0.15) is 28.9 Å². The molecule has 0 atom stereocenters. The zero-order valence-electron chi connectivity index (χ0n) is 17.2. The van der Waals surface area contributed by atoms with Gasteiger partial charge < -0.3 is 5.32 Å². The number of hydrogen-bond acceptors (Lipinski definition) is 5. The van der Waals surface area contributed by atoms with Crippen molar-refractivity contribution in [1.82, 2.24) is 19.4 Å². The summed E-state index contributed by atoms with van der Waals surface area (Å²) >= 11 is 1.31. The van der Waals surface area contributed by atoms with Crippen molar-refractivity contribution in [1.29, 1.82) is 0 Å². The van der Waals surface area contributed by atoms with E-state index in [1.54, 1.807) is 0 Å². The number of aryl methyl sites for hydroxylation is 2. The van der Waals surface area contributed by atoms with Crippen molar-refractivity contribution in [2.45, 2.75) is 33.6 Å². The highest BCUT2D eigenvalue weighted by Crippen LogP contribution is 2.25. The predicted octanol–water partition coefficient (Wildman–Crippen LogP) is 4.89. The van der Waals surface area contributed by atoms with Crippen LogP contribution >= 0.6 is 11.5 Å². The molecule has 0 aliphatic heterocycles. The maximum Gasteiger partial charge on any atom is 0.224 e. The molecular formula is C23H23N5OS. The van der Waals surface area contributed by atoms with Crippen LogP contribution in [0, 0.1) is 20.8 Å². The molecule has 1 N–H and O–H groups in total. The number of nitrogens with one attached hydrogen (secondary N) is 1. The van der Waals surface area contributed by atoms with E-state index in [9.17, 15) is 4.79 Å². The molecule has 0 saturated carbocycles. The van der Waals surface area contributed by atoms with Crippen LogP contribution in [0.2, 0.25) is 0 Å². The zero-order chi connectivity index (χ0) is 21.1. The summed E-state index contributed by atoms with van der Waals surface area (Å²) in [6.45, 7) is 6.03. The first kappa shape index (κ1) is 20.0. The average molecular weight is 418 g/mol. The summed E-state index contributed by atoms with van der Waals surface area (Å²) in [5.41, 5.74) is 7.75. The van der Waals surface area contributed by atoms with Gasteiger partial charge in [-0.2, -0.15) is 5.10 Å². The lowest BCUT2D eigenvalue weighted by Crippen LogP contribution is -2.13. The number of carbonyl (C=O) groups is 1. The Morgan fingerprint density at radius 2 is 1.90 bits per heavy atom. The van der Waals surface area contributed by atoms with Crippen molar-refractivity contribution < 1.29 is 4.79 Å². The number of para-hydroxylation sites is 1. The third kappa shape index (κ3) is 4.16. The number of anilines is 1. The molecule has 0 radical (unpaired) electrons. The van der Waals surface area contributed by atoms with Gasteiger partial charge in [0.05, 0.1) is 11.4 Å². The lowest BCUT2D eigenvalue weighted by atomic mass is 10.1. The highest BCUT2D eigenvalue weighted by atomic mass is 32.1. The molecule has 0 unspecified atom stereocenters. The fourth-order valence-electron chi connectivity index (χ4n) is 3.52. The van der Waals surface area contributed by atoms with E-state index >= 15 is 0 Å². The van der Waals surface area contributed by atoms with Gasteiger partial charge in [-0.1, -0.05) is 34.8 Å². The second-order valence-electron chi connectivity index (χ2n) is 7.26. The van der Waals surface area contributed by atoms with Crippen molar-refractivity contribution in [3.8, 4) is 16.9 Å². The molecule has 0 bridgehead atoms. The van der Waals surface area contributed by atoms with E-state index in [2.05, 4.69) is 26.9 Å². The minimum absolute atomic E-state index is 0.0158. The molecule has 0 saturated heterocycles. The van der Waals surface area contributed by atoms with Crippen LogP contribution in [-0.2, 0) is 11.2 Å². The standard InChI is InChI=1S/C23H23N5OS/c1-15-9-10-18(22-14-30-27-25-22)13-21(15)24-23(29)12-11-20-16(2)26-28(17(20)3)19-7-5-4-6-8-19/h4-10,13-14H,11-12H2,1-3H3,(H,24,29). The Morgan fingerprint density at radius 3 is 2.63 bits per heavy atom. The summed E-state index contributed by atoms with van der Waals surface area (Å²) in [7, 11) is 0. The van der Waals surface area contributed by atoms with Crippen LogP contribution in [0.4, 0.5) is 5.69 Å². The van der Waals surface area contributed by atoms with E-state index in [1.165, 1.54) is 11.5 Å². The van der Waals surface area contributed by atoms with Gasteiger partial charge in [-0.25, -0.2) is 4.68 Å². The summed E-state index contributed by atoms with van der Waals surface area (Å²) in [4.78, 5) is 12.7. The highest BCUT2D eigenvalue weighted by molar-refractivity contribution is 7.03. The molecule has 4 rings (SSSR count). The molecule has 0 spiro atoms. The Labute approximate surface area is 179 Å². The van der Waals surface area contributed by atoms with Crippen molar-refractivity contribution in [3.05, 3.63) is 76.4 Å². The van der Waals surface area contributed by atoms with Crippen LogP contribution in [-0.4, -0.2) is 25.3 Å². The van der Waals surface area contributed by atoms with Gasteiger partial charge in [0.1, 0.15) is 5.69 Å². The molecule has 0 aliphatic rings. The molecule has 7 heteroatoms. The van der Waals surface area contributed by atoms with Crippen LogP contribution in [0.3, 0.4) is 0 Å². The van der Waals surface area contributed by atoms with Gasteiger partial charge in [-0.3, -0.25) is 4.79 Å². The number of hydrogen-bond donors (Lipinski definition) is 1. The highest BCUT2D eigenvalue weighted by Gasteiger charge is 2.15. The Morgan fingerprint density at radius 1 is 1.10 bits per heavy atom. The van der Waals surface area contributed by atoms with Gasteiger partial charge in [-0.05, 0) is 68.1 Å². The van der Waals surface area contributed by atoms with Crippen molar-refractivity contribution in [2.24, 2.45) is 0 Å². The van der Waals surface area contributed by atoms with E-state index < -0.39 is 0 Å². The molecule has 30 heavy (non-hydrogen) atoms. The van der Waals surface area contributed by atoms with Crippen LogP contribution in [0.25, 0.3) is 16.9 Å². The quantitative estimate of drug-likeness (QED) is 0.485. The van der Waals surface area contributed by atoms with E-state index in [0.29, 0.717) is 12.8 Å². The second-order valence-corrected chi connectivity index (χ2v) is 7.87. The first-order valence-corrected chi connectivity index (χ1v) is 10.6. The molecule has 2 aromatic heterocycles. The molecular weight excluding hydrogens is 394 g/mol. The van der Waals surface area contributed by atoms with Gasteiger partial charge >= 0.3 is 0 Å². The number of carbonyl (C=O) groups excluding carboxylic acids is 1. The SMILES string of the molecule is Cc1ccc(-c2csnn2)cc1NC(=O)CCc1c(C)nn(-c2ccccc2)c1C. The van der Waals surface area contributed by atoms with Crippen LogP contribution < -0.4 is 5.32 Å². The van der Waals surface area contributed by atoms with Crippen LogP contribution in [0.5, 0.6) is 0 Å². The number of amides is 1. The van der Waals surface area contributed by atoms with E-state index in [-0.39, 0.29) is 5.91 Å². The molecule has 0 aliphatic carbocycles. The fraction of sp³-hybridized carbons (Fsp3) is 0.217. The second kappa shape index (κ2) is 8.59. The van der Waals surface area contributed by atoms with Gasteiger partial charge in [0.15, 0.2) is 0 Å². The van der Waals surface area contributed by atoms with Crippen molar-refractivity contribution in [3.63, 3.8) is 0 Å². The molecule has 4 aromatic rings. The number of nitrogens with zero attached hydrogens (tertiary/aromatic N) is 4. The maximum atomic E-state index is 12.7. The summed E-state index contributed by atoms with van der Waals surface area (Å²) in [6.07, 6.45) is 1.04.